The Morgan fingerprint density at radius 1 is 1.11 bits per heavy atom. The first-order valence-corrected chi connectivity index (χ1v) is 6.29. The average molecular weight is 256 g/mol. The second-order valence-electron chi connectivity index (χ2n) is 5.30. The summed E-state index contributed by atoms with van der Waals surface area (Å²) in [6.07, 6.45) is 1.67. The second kappa shape index (κ2) is 4.28. The Morgan fingerprint density at radius 2 is 1.74 bits per heavy atom. The third-order valence-corrected chi connectivity index (χ3v) is 2.94. The first-order valence-electron chi connectivity index (χ1n) is 6.29. The number of rotatable bonds is 1. The van der Waals surface area contributed by atoms with Gasteiger partial charge in [-0.15, -0.1) is 0 Å². The van der Waals surface area contributed by atoms with Crippen LogP contribution in [-0.4, -0.2) is 17.3 Å². The molecule has 0 fully saturated rings. The maximum Gasteiger partial charge on any atom is 0.169 e. The average Bonchev–Trinajstić information content (AvgIpc) is 2.34. The van der Waals surface area contributed by atoms with E-state index in [-0.39, 0.29) is 0 Å². The predicted molar refractivity (Wildman–Crippen MR) is 74.5 cm³/mol. The van der Waals surface area contributed by atoms with Crippen LogP contribution in [0.2, 0.25) is 0 Å². The van der Waals surface area contributed by atoms with Gasteiger partial charge < -0.3 is 14.6 Å². The van der Waals surface area contributed by atoms with Crippen molar-refractivity contribution in [3.63, 3.8) is 0 Å². The maximum absolute atomic E-state index is 9.78. The van der Waals surface area contributed by atoms with Crippen molar-refractivity contribution < 1.29 is 14.6 Å². The lowest BCUT2D eigenvalue weighted by atomic mass is 10.1. The first-order chi connectivity index (χ1) is 9.01. The predicted octanol–water partition coefficient (Wildman–Crippen LogP) is 3.27. The Labute approximate surface area is 112 Å². The molecular formula is C16H16O3. The van der Waals surface area contributed by atoms with E-state index in [0.29, 0.717) is 18.1 Å². The summed E-state index contributed by atoms with van der Waals surface area (Å²) >= 11 is 0. The first kappa shape index (κ1) is 12.1. The van der Waals surface area contributed by atoms with Gasteiger partial charge in [0.2, 0.25) is 0 Å². The number of ether oxygens (including phenoxy) is 2. The maximum atomic E-state index is 9.78. The molecule has 3 rings (SSSR count). The lowest BCUT2D eigenvalue weighted by Crippen LogP contribution is -2.21. The molecule has 0 spiro atoms. The molecule has 0 atom stereocenters. The van der Waals surface area contributed by atoms with Crippen molar-refractivity contribution in [2.24, 2.45) is 0 Å². The molecule has 0 radical (unpaired) electrons. The summed E-state index contributed by atoms with van der Waals surface area (Å²) in [5, 5.41) is 12.0. The summed E-state index contributed by atoms with van der Waals surface area (Å²) in [7, 11) is 0. The van der Waals surface area contributed by atoms with Gasteiger partial charge >= 0.3 is 0 Å². The molecule has 0 amide bonds. The highest BCUT2D eigenvalue weighted by Gasteiger charge is 2.19. The highest BCUT2D eigenvalue weighted by molar-refractivity contribution is 5.86. The molecule has 1 aliphatic rings. The normalized spacial score (nSPS) is 16.9. The van der Waals surface area contributed by atoms with E-state index >= 15 is 0 Å². The molecule has 1 aliphatic heterocycles. The van der Waals surface area contributed by atoms with Crippen molar-refractivity contribution in [1.82, 2.24) is 0 Å². The van der Waals surface area contributed by atoms with Crippen molar-refractivity contribution in [2.75, 3.05) is 6.61 Å². The van der Waals surface area contributed by atoms with Gasteiger partial charge in [-0.05, 0) is 42.8 Å². The van der Waals surface area contributed by atoms with Gasteiger partial charge in [-0.2, -0.15) is 0 Å². The van der Waals surface area contributed by atoms with Crippen molar-refractivity contribution in [1.29, 1.82) is 0 Å². The van der Waals surface area contributed by atoms with Crippen LogP contribution in [0.4, 0.5) is 0 Å². The molecular weight excluding hydrogens is 240 g/mol. The Balaban J connectivity index is 2.01. The molecule has 0 saturated heterocycles. The van der Waals surface area contributed by atoms with Gasteiger partial charge in [0.1, 0.15) is 12.4 Å². The second-order valence-corrected chi connectivity index (χ2v) is 5.30. The molecule has 0 unspecified atom stereocenters. The molecule has 0 bridgehead atoms. The number of fused-ring (bicyclic) bond motifs is 2. The summed E-state index contributed by atoms with van der Waals surface area (Å²) in [6.45, 7) is 3.76. The summed E-state index contributed by atoms with van der Waals surface area (Å²) in [5.41, 5.74) is -0.910. The zero-order valence-corrected chi connectivity index (χ0v) is 11.0. The number of aliphatic hydroxyl groups is 1. The van der Waals surface area contributed by atoms with Crippen LogP contribution in [0.15, 0.2) is 48.2 Å². The molecule has 98 valence electrons. The van der Waals surface area contributed by atoms with Crippen LogP contribution in [0, 0.1) is 0 Å². The van der Waals surface area contributed by atoms with Gasteiger partial charge in [0.05, 0.1) is 5.60 Å². The minimum atomic E-state index is -0.910. The molecule has 3 nitrogen and oxygen atoms in total. The Bertz CT molecular complexity index is 651. The lowest BCUT2D eigenvalue weighted by molar-refractivity contribution is 0.124. The minimum absolute atomic E-state index is 0.343. The van der Waals surface area contributed by atoms with Crippen molar-refractivity contribution in [3.8, 4) is 11.5 Å². The number of benzene rings is 2. The monoisotopic (exact) mass is 256 g/mol. The molecule has 3 heteroatoms. The smallest absolute Gasteiger partial charge is 0.169 e. The van der Waals surface area contributed by atoms with Crippen LogP contribution in [0.3, 0.4) is 0 Å². The Hall–Kier alpha value is -2.00. The molecule has 2 aromatic rings. The van der Waals surface area contributed by atoms with Gasteiger partial charge in [0, 0.05) is 0 Å². The Morgan fingerprint density at radius 3 is 2.37 bits per heavy atom. The van der Waals surface area contributed by atoms with E-state index in [4.69, 9.17) is 9.47 Å². The van der Waals surface area contributed by atoms with E-state index in [1.165, 1.54) is 0 Å². The fourth-order valence-corrected chi connectivity index (χ4v) is 2.18. The molecule has 0 saturated carbocycles. The van der Waals surface area contributed by atoms with E-state index in [0.717, 1.165) is 16.5 Å². The van der Waals surface area contributed by atoms with E-state index in [9.17, 15) is 5.11 Å². The summed E-state index contributed by atoms with van der Waals surface area (Å²) in [5.74, 6) is 2.07. The zero-order chi connectivity index (χ0) is 13.5. The number of hydrogen-bond acceptors (Lipinski definition) is 3. The molecule has 2 aromatic carbocycles. The Kier molecular flexibility index (Phi) is 2.72. The van der Waals surface area contributed by atoms with E-state index in [1.54, 1.807) is 19.9 Å². The van der Waals surface area contributed by atoms with Crippen molar-refractivity contribution in [3.05, 3.63) is 48.2 Å². The van der Waals surface area contributed by atoms with Gasteiger partial charge in [0.15, 0.2) is 11.5 Å². The van der Waals surface area contributed by atoms with Gasteiger partial charge in [-0.3, -0.25) is 0 Å². The fraction of sp³-hybridized carbons (Fsp3) is 0.250. The van der Waals surface area contributed by atoms with Crippen LogP contribution in [0.1, 0.15) is 13.8 Å². The van der Waals surface area contributed by atoms with Crippen molar-refractivity contribution in [2.45, 2.75) is 19.4 Å². The van der Waals surface area contributed by atoms with E-state index in [1.807, 2.05) is 36.4 Å². The minimum Gasteiger partial charge on any atom is -0.482 e. The molecule has 0 aromatic heterocycles. The largest absolute Gasteiger partial charge is 0.482 e. The molecule has 1 heterocycles. The van der Waals surface area contributed by atoms with Gasteiger partial charge in [-0.1, -0.05) is 24.3 Å². The van der Waals surface area contributed by atoms with Crippen molar-refractivity contribution >= 4 is 10.8 Å². The highest BCUT2D eigenvalue weighted by atomic mass is 16.6. The summed E-state index contributed by atoms with van der Waals surface area (Å²) in [6, 6.07) is 12.0. The summed E-state index contributed by atoms with van der Waals surface area (Å²) in [4.78, 5) is 0. The van der Waals surface area contributed by atoms with E-state index < -0.39 is 5.60 Å². The lowest BCUT2D eigenvalue weighted by Gasteiger charge is -2.23. The van der Waals surface area contributed by atoms with Crippen LogP contribution in [-0.2, 0) is 0 Å². The van der Waals surface area contributed by atoms with Crippen LogP contribution in [0.5, 0.6) is 11.5 Å². The molecule has 0 aliphatic carbocycles. The topological polar surface area (TPSA) is 38.7 Å². The highest BCUT2D eigenvalue weighted by Crippen LogP contribution is 2.36. The van der Waals surface area contributed by atoms with Crippen LogP contribution < -0.4 is 9.47 Å². The third kappa shape index (κ3) is 2.56. The van der Waals surface area contributed by atoms with Gasteiger partial charge in [-0.25, -0.2) is 0 Å². The van der Waals surface area contributed by atoms with Crippen LogP contribution >= 0.6 is 0 Å². The quantitative estimate of drug-likeness (QED) is 0.851. The molecule has 1 N–H and O–H groups in total. The third-order valence-electron chi connectivity index (χ3n) is 2.94. The van der Waals surface area contributed by atoms with Crippen LogP contribution in [0.25, 0.3) is 10.8 Å². The van der Waals surface area contributed by atoms with Gasteiger partial charge in [0.25, 0.3) is 0 Å². The standard InChI is InChI=1S/C16H16O3/c1-16(2,17)9-13-10-18-14-7-11-5-3-4-6-12(11)8-15(14)19-13/h3-9,17H,10H2,1-2H3/b13-9-. The SMILES string of the molecule is CC(C)(O)/C=C1/COc2cc3ccccc3cc2O1. The molecule has 19 heavy (non-hydrogen) atoms. The zero-order valence-electron chi connectivity index (χ0n) is 11.0. The summed E-state index contributed by atoms with van der Waals surface area (Å²) < 4.78 is 11.5. The number of hydrogen-bond donors (Lipinski definition) is 1. The fourth-order valence-electron chi connectivity index (χ4n) is 2.18. The van der Waals surface area contributed by atoms with E-state index in [2.05, 4.69) is 0 Å².